The third kappa shape index (κ3) is 5.17. The Morgan fingerprint density at radius 2 is 1.15 bits per heavy atom. The third-order valence-corrected chi connectivity index (χ3v) is 5.64. The van der Waals surface area contributed by atoms with E-state index in [1.54, 1.807) is 0 Å². The second-order valence-electron chi connectivity index (χ2n) is 7.32. The highest BCUT2D eigenvalue weighted by molar-refractivity contribution is 7.80. The predicted octanol–water partition coefficient (Wildman–Crippen LogP) is 7.19. The number of rotatable bonds is 7. The highest BCUT2D eigenvalue weighted by Gasteiger charge is 2.21. The summed E-state index contributed by atoms with van der Waals surface area (Å²) in [5.41, 5.74) is 4.96. The lowest BCUT2D eigenvalue weighted by Gasteiger charge is -2.28. The van der Waals surface area contributed by atoms with Crippen LogP contribution in [0.5, 0.6) is 5.75 Å². The zero-order chi connectivity index (χ0) is 19.3. The van der Waals surface area contributed by atoms with E-state index in [-0.39, 0.29) is 5.60 Å². The summed E-state index contributed by atoms with van der Waals surface area (Å²) in [4.78, 5) is 1.000. The summed E-state index contributed by atoms with van der Waals surface area (Å²) in [6.45, 7) is 6.52. The molecular formula is C25H28OS. The van der Waals surface area contributed by atoms with Crippen molar-refractivity contribution in [3.8, 4) is 16.9 Å². The molecule has 3 rings (SSSR count). The molecule has 0 spiro atoms. The van der Waals surface area contributed by atoms with Gasteiger partial charge in [-0.3, -0.25) is 0 Å². The number of hydrogen-bond acceptors (Lipinski definition) is 2. The monoisotopic (exact) mass is 376 g/mol. The molecule has 0 atom stereocenters. The van der Waals surface area contributed by atoms with Crippen LogP contribution in [0.25, 0.3) is 11.1 Å². The fraction of sp³-hybridized carbons (Fsp3) is 0.280. The van der Waals surface area contributed by atoms with E-state index in [0.717, 1.165) is 29.9 Å². The summed E-state index contributed by atoms with van der Waals surface area (Å²) < 4.78 is 6.18. The SMILES string of the molecule is CCC(C)(CC)Oc1ccc(-c2ccc(Cc3ccc(S)cc3)cc2)cc1. The highest BCUT2D eigenvalue weighted by Crippen LogP contribution is 2.27. The molecule has 0 aromatic heterocycles. The molecule has 0 amide bonds. The average Bonchev–Trinajstić information content (AvgIpc) is 2.71. The van der Waals surface area contributed by atoms with Crippen LogP contribution in [-0.4, -0.2) is 5.60 Å². The first-order chi connectivity index (χ1) is 13.0. The smallest absolute Gasteiger partial charge is 0.120 e. The van der Waals surface area contributed by atoms with Crippen molar-refractivity contribution in [3.05, 3.63) is 83.9 Å². The highest BCUT2D eigenvalue weighted by atomic mass is 32.1. The Kier molecular flexibility index (Phi) is 6.28. The number of hydrogen-bond donors (Lipinski definition) is 1. The zero-order valence-corrected chi connectivity index (χ0v) is 17.3. The van der Waals surface area contributed by atoms with E-state index in [4.69, 9.17) is 4.74 Å². The number of benzene rings is 3. The lowest BCUT2D eigenvalue weighted by Crippen LogP contribution is -2.30. The van der Waals surface area contributed by atoms with Gasteiger partial charge < -0.3 is 4.74 Å². The van der Waals surface area contributed by atoms with Gasteiger partial charge in [0.05, 0.1) is 0 Å². The number of ether oxygens (including phenoxy) is 1. The van der Waals surface area contributed by atoms with E-state index < -0.39 is 0 Å². The second-order valence-corrected chi connectivity index (χ2v) is 7.84. The maximum atomic E-state index is 6.18. The molecule has 0 radical (unpaired) electrons. The van der Waals surface area contributed by atoms with Crippen molar-refractivity contribution in [2.24, 2.45) is 0 Å². The van der Waals surface area contributed by atoms with Gasteiger partial charge in [-0.05, 0) is 72.7 Å². The van der Waals surface area contributed by atoms with Crippen LogP contribution in [0.2, 0.25) is 0 Å². The first kappa shape index (κ1) is 19.6. The zero-order valence-electron chi connectivity index (χ0n) is 16.4. The van der Waals surface area contributed by atoms with Gasteiger partial charge >= 0.3 is 0 Å². The average molecular weight is 377 g/mol. The molecule has 27 heavy (non-hydrogen) atoms. The van der Waals surface area contributed by atoms with Gasteiger partial charge in [0, 0.05) is 4.90 Å². The van der Waals surface area contributed by atoms with Crippen molar-refractivity contribution in [3.63, 3.8) is 0 Å². The maximum Gasteiger partial charge on any atom is 0.120 e. The van der Waals surface area contributed by atoms with Crippen LogP contribution >= 0.6 is 12.6 Å². The molecule has 140 valence electrons. The summed E-state index contributed by atoms with van der Waals surface area (Å²) in [5.74, 6) is 0.939. The summed E-state index contributed by atoms with van der Waals surface area (Å²) in [5, 5.41) is 0. The van der Waals surface area contributed by atoms with E-state index in [1.165, 1.54) is 22.3 Å². The van der Waals surface area contributed by atoms with E-state index >= 15 is 0 Å². The first-order valence-corrected chi connectivity index (χ1v) is 10.1. The second kappa shape index (κ2) is 8.67. The van der Waals surface area contributed by atoms with Gasteiger partial charge in [-0.1, -0.05) is 62.4 Å². The van der Waals surface area contributed by atoms with Crippen LogP contribution < -0.4 is 4.74 Å². The molecular weight excluding hydrogens is 348 g/mol. The summed E-state index contributed by atoms with van der Waals surface area (Å²) in [6, 6.07) is 25.6. The minimum Gasteiger partial charge on any atom is -0.488 e. The van der Waals surface area contributed by atoms with Gasteiger partial charge in [-0.25, -0.2) is 0 Å². The maximum absolute atomic E-state index is 6.18. The molecule has 0 fully saturated rings. The van der Waals surface area contributed by atoms with Crippen LogP contribution in [0.4, 0.5) is 0 Å². The fourth-order valence-corrected chi connectivity index (χ4v) is 3.21. The van der Waals surface area contributed by atoms with Gasteiger partial charge in [-0.15, -0.1) is 12.6 Å². The molecule has 0 unspecified atom stereocenters. The fourth-order valence-electron chi connectivity index (χ4n) is 3.06. The van der Waals surface area contributed by atoms with Crippen LogP contribution in [0, 0.1) is 0 Å². The van der Waals surface area contributed by atoms with Crippen molar-refractivity contribution in [2.45, 2.75) is 50.5 Å². The van der Waals surface area contributed by atoms with Crippen LogP contribution in [0.15, 0.2) is 77.7 Å². The molecule has 0 bridgehead atoms. The van der Waals surface area contributed by atoms with Crippen LogP contribution in [0.1, 0.15) is 44.7 Å². The minimum atomic E-state index is -0.0890. The molecule has 0 saturated heterocycles. The lowest BCUT2D eigenvalue weighted by molar-refractivity contribution is 0.0803. The van der Waals surface area contributed by atoms with Crippen LogP contribution in [0.3, 0.4) is 0 Å². The van der Waals surface area contributed by atoms with Crippen molar-refractivity contribution >= 4 is 12.6 Å². The summed E-state index contributed by atoms with van der Waals surface area (Å²) in [6.07, 6.45) is 2.95. The summed E-state index contributed by atoms with van der Waals surface area (Å²) in [7, 11) is 0. The Morgan fingerprint density at radius 3 is 1.63 bits per heavy atom. The first-order valence-electron chi connectivity index (χ1n) is 9.67. The Labute approximate surface area is 168 Å². The van der Waals surface area contributed by atoms with Crippen molar-refractivity contribution in [2.75, 3.05) is 0 Å². The molecule has 0 aliphatic heterocycles. The minimum absolute atomic E-state index is 0.0890. The van der Waals surface area contributed by atoms with Crippen molar-refractivity contribution < 1.29 is 4.74 Å². The normalized spacial score (nSPS) is 11.4. The van der Waals surface area contributed by atoms with E-state index in [9.17, 15) is 0 Å². The van der Waals surface area contributed by atoms with Gasteiger partial charge in [0.1, 0.15) is 11.4 Å². The predicted molar refractivity (Wildman–Crippen MR) is 118 cm³/mol. The Bertz CT molecular complexity index is 844. The van der Waals surface area contributed by atoms with Gasteiger partial charge in [0.2, 0.25) is 0 Å². The van der Waals surface area contributed by atoms with Gasteiger partial charge in [-0.2, -0.15) is 0 Å². The Hall–Kier alpha value is -2.19. The molecule has 0 aliphatic rings. The summed E-state index contributed by atoms with van der Waals surface area (Å²) >= 11 is 4.34. The quantitative estimate of drug-likeness (QED) is 0.429. The molecule has 0 N–H and O–H groups in total. The molecule has 2 heteroatoms. The van der Waals surface area contributed by atoms with Gasteiger partial charge in [0.25, 0.3) is 0 Å². The third-order valence-electron chi connectivity index (χ3n) is 5.35. The van der Waals surface area contributed by atoms with E-state index in [0.29, 0.717) is 0 Å². The van der Waals surface area contributed by atoms with Gasteiger partial charge in [0.15, 0.2) is 0 Å². The Morgan fingerprint density at radius 1 is 0.704 bits per heavy atom. The lowest BCUT2D eigenvalue weighted by atomic mass is 9.99. The molecule has 0 aliphatic carbocycles. The van der Waals surface area contributed by atoms with E-state index in [1.807, 2.05) is 12.1 Å². The van der Waals surface area contributed by atoms with Crippen LogP contribution in [-0.2, 0) is 6.42 Å². The molecule has 0 heterocycles. The Balaban J connectivity index is 1.68. The molecule has 3 aromatic rings. The van der Waals surface area contributed by atoms with E-state index in [2.05, 4.69) is 94.1 Å². The number of thiol groups is 1. The molecule has 3 aromatic carbocycles. The van der Waals surface area contributed by atoms with Crippen molar-refractivity contribution in [1.82, 2.24) is 0 Å². The molecule has 1 nitrogen and oxygen atoms in total. The standard InChI is InChI=1S/C25H28OS/c1-4-25(3,5-2)26-23-14-12-22(13-15-23)21-10-6-19(7-11-21)18-20-8-16-24(27)17-9-20/h6-17,27H,4-5,18H2,1-3H3. The topological polar surface area (TPSA) is 9.23 Å². The largest absolute Gasteiger partial charge is 0.488 e. The molecule has 0 saturated carbocycles. The van der Waals surface area contributed by atoms with Crippen molar-refractivity contribution in [1.29, 1.82) is 0 Å².